The van der Waals surface area contributed by atoms with Crippen LogP contribution in [0.15, 0.2) is 34.9 Å². The summed E-state index contributed by atoms with van der Waals surface area (Å²) in [6.07, 6.45) is 1.72. The summed E-state index contributed by atoms with van der Waals surface area (Å²) in [6.45, 7) is 0.511. The third-order valence-corrected chi connectivity index (χ3v) is 4.09. The fraction of sp³-hybridized carbons (Fsp3) is 0.143. The van der Waals surface area contributed by atoms with E-state index in [1.807, 2.05) is 10.6 Å². The minimum absolute atomic E-state index is 0.321. The van der Waals surface area contributed by atoms with Gasteiger partial charge >= 0.3 is 0 Å². The van der Waals surface area contributed by atoms with E-state index in [0.29, 0.717) is 21.7 Å². The Balaban J connectivity index is 2.05. The lowest BCUT2D eigenvalue weighted by molar-refractivity contribution is 0.397. The van der Waals surface area contributed by atoms with Crippen molar-refractivity contribution in [2.24, 2.45) is 0 Å². The van der Waals surface area contributed by atoms with Gasteiger partial charge in [0.25, 0.3) is 0 Å². The van der Waals surface area contributed by atoms with Crippen molar-refractivity contribution in [1.82, 2.24) is 14.5 Å². The standard InChI is InChI=1S/C14H11BrFN3OS/c1-20-13-3-2-8(6-17-13)7-19-12-5-10(16)9(15)4-11(12)18-14(19)21/h2-6H,7H2,1H3,(H,18,21). The van der Waals surface area contributed by atoms with Crippen molar-refractivity contribution in [1.29, 1.82) is 0 Å². The number of methoxy groups -OCH3 is 1. The van der Waals surface area contributed by atoms with Crippen molar-refractivity contribution >= 4 is 39.2 Å². The zero-order valence-electron chi connectivity index (χ0n) is 11.1. The van der Waals surface area contributed by atoms with Gasteiger partial charge in [0, 0.05) is 18.3 Å². The zero-order chi connectivity index (χ0) is 15.0. The molecule has 2 heterocycles. The second-order valence-corrected chi connectivity index (χ2v) is 5.75. The molecule has 0 amide bonds. The summed E-state index contributed by atoms with van der Waals surface area (Å²) >= 11 is 8.48. The highest BCUT2D eigenvalue weighted by Crippen LogP contribution is 2.24. The van der Waals surface area contributed by atoms with Crippen LogP contribution in [0.4, 0.5) is 4.39 Å². The highest BCUT2D eigenvalue weighted by Gasteiger charge is 2.09. The van der Waals surface area contributed by atoms with Gasteiger partial charge in [0.15, 0.2) is 4.77 Å². The van der Waals surface area contributed by atoms with E-state index in [0.717, 1.165) is 16.6 Å². The summed E-state index contributed by atoms with van der Waals surface area (Å²) in [5.74, 6) is 0.231. The quantitative estimate of drug-likeness (QED) is 0.710. The van der Waals surface area contributed by atoms with Crippen LogP contribution in [-0.2, 0) is 6.54 Å². The number of H-pyrrole nitrogens is 1. The molecule has 3 rings (SSSR count). The van der Waals surface area contributed by atoms with Crippen LogP contribution < -0.4 is 4.74 Å². The monoisotopic (exact) mass is 367 g/mol. The number of ether oxygens (including phenoxy) is 1. The number of hydrogen-bond acceptors (Lipinski definition) is 3. The van der Waals surface area contributed by atoms with Crippen LogP contribution >= 0.6 is 28.1 Å². The number of nitrogens with one attached hydrogen (secondary N) is 1. The van der Waals surface area contributed by atoms with Gasteiger partial charge in [0.05, 0.1) is 29.2 Å². The molecular formula is C14H11BrFN3OS. The largest absolute Gasteiger partial charge is 0.481 e. The fourth-order valence-electron chi connectivity index (χ4n) is 2.12. The third kappa shape index (κ3) is 2.71. The van der Waals surface area contributed by atoms with Crippen LogP contribution in [0.1, 0.15) is 5.56 Å². The number of hydrogen-bond donors (Lipinski definition) is 1. The maximum atomic E-state index is 13.7. The molecule has 2 aromatic heterocycles. The van der Waals surface area contributed by atoms with E-state index < -0.39 is 0 Å². The lowest BCUT2D eigenvalue weighted by atomic mass is 10.2. The van der Waals surface area contributed by atoms with Crippen molar-refractivity contribution in [2.75, 3.05) is 7.11 Å². The Bertz CT molecular complexity index is 857. The van der Waals surface area contributed by atoms with Crippen LogP contribution in [0.5, 0.6) is 5.88 Å². The number of fused-ring (bicyclic) bond motifs is 1. The Morgan fingerprint density at radius 3 is 2.90 bits per heavy atom. The molecule has 0 aliphatic carbocycles. The van der Waals surface area contributed by atoms with Crippen molar-refractivity contribution in [3.63, 3.8) is 0 Å². The summed E-state index contributed by atoms with van der Waals surface area (Å²) in [6, 6.07) is 6.83. The van der Waals surface area contributed by atoms with Gasteiger partial charge < -0.3 is 14.3 Å². The molecule has 3 aromatic rings. The first-order valence-electron chi connectivity index (χ1n) is 6.15. The SMILES string of the molecule is COc1ccc(Cn2c(=S)[nH]c3cc(Br)c(F)cc32)cn1. The molecule has 0 bridgehead atoms. The van der Waals surface area contributed by atoms with E-state index in [-0.39, 0.29) is 5.82 Å². The number of nitrogens with zero attached hydrogens (tertiary/aromatic N) is 2. The van der Waals surface area contributed by atoms with Gasteiger partial charge in [-0.05, 0) is 39.8 Å². The average Bonchev–Trinajstić information content (AvgIpc) is 2.76. The molecule has 1 aromatic carbocycles. The highest BCUT2D eigenvalue weighted by atomic mass is 79.9. The van der Waals surface area contributed by atoms with Gasteiger partial charge in [-0.3, -0.25) is 0 Å². The minimum atomic E-state index is -0.321. The van der Waals surface area contributed by atoms with Crippen LogP contribution in [0.2, 0.25) is 0 Å². The van der Waals surface area contributed by atoms with E-state index in [1.54, 1.807) is 25.4 Å². The molecule has 1 N–H and O–H groups in total. The second kappa shape index (κ2) is 5.57. The molecule has 0 saturated carbocycles. The molecule has 0 saturated heterocycles. The number of benzene rings is 1. The van der Waals surface area contributed by atoms with E-state index in [2.05, 4.69) is 25.9 Å². The van der Waals surface area contributed by atoms with Crippen molar-refractivity contribution < 1.29 is 9.13 Å². The number of rotatable bonds is 3. The maximum absolute atomic E-state index is 13.7. The Kier molecular flexibility index (Phi) is 3.77. The zero-order valence-corrected chi connectivity index (χ0v) is 13.5. The predicted octanol–water partition coefficient (Wildman–Crippen LogP) is 4.05. The van der Waals surface area contributed by atoms with Crippen molar-refractivity contribution in [2.45, 2.75) is 6.54 Å². The Hall–Kier alpha value is -1.73. The summed E-state index contributed by atoms with van der Waals surface area (Å²) in [7, 11) is 1.57. The van der Waals surface area contributed by atoms with E-state index in [9.17, 15) is 4.39 Å². The van der Waals surface area contributed by atoms with E-state index in [1.165, 1.54) is 6.07 Å². The van der Waals surface area contributed by atoms with Crippen LogP contribution in [0, 0.1) is 10.6 Å². The lowest BCUT2D eigenvalue weighted by Gasteiger charge is -2.06. The lowest BCUT2D eigenvalue weighted by Crippen LogP contribution is -2.01. The summed E-state index contributed by atoms with van der Waals surface area (Å²) in [5, 5.41) is 0. The van der Waals surface area contributed by atoms with Crippen molar-refractivity contribution in [3.05, 3.63) is 51.1 Å². The Labute approximate surface area is 133 Å². The molecule has 0 spiro atoms. The molecule has 0 aliphatic rings. The van der Waals surface area contributed by atoms with Gasteiger partial charge in [-0.1, -0.05) is 6.07 Å². The van der Waals surface area contributed by atoms with Gasteiger partial charge in [0.1, 0.15) is 5.82 Å². The molecule has 7 heteroatoms. The molecule has 21 heavy (non-hydrogen) atoms. The average molecular weight is 368 g/mol. The van der Waals surface area contributed by atoms with Gasteiger partial charge in [-0.2, -0.15) is 0 Å². The number of aromatic nitrogens is 3. The summed E-state index contributed by atoms with van der Waals surface area (Å²) in [5.41, 5.74) is 2.46. The van der Waals surface area contributed by atoms with E-state index in [4.69, 9.17) is 17.0 Å². The summed E-state index contributed by atoms with van der Waals surface area (Å²) in [4.78, 5) is 7.23. The van der Waals surface area contributed by atoms with Gasteiger partial charge in [-0.25, -0.2) is 9.37 Å². The second-order valence-electron chi connectivity index (χ2n) is 4.51. The van der Waals surface area contributed by atoms with Gasteiger partial charge in [-0.15, -0.1) is 0 Å². The molecule has 0 fully saturated rings. The normalized spacial score (nSPS) is 11.0. The Morgan fingerprint density at radius 1 is 1.43 bits per heavy atom. The van der Waals surface area contributed by atoms with Crippen LogP contribution in [0.25, 0.3) is 11.0 Å². The van der Waals surface area contributed by atoms with Crippen LogP contribution in [0.3, 0.4) is 0 Å². The molecule has 0 radical (unpaired) electrons. The summed E-state index contributed by atoms with van der Waals surface area (Å²) < 4.78 is 21.6. The highest BCUT2D eigenvalue weighted by molar-refractivity contribution is 9.10. The first kappa shape index (κ1) is 14.2. The molecule has 0 unspecified atom stereocenters. The smallest absolute Gasteiger partial charge is 0.212 e. The van der Waals surface area contributed by atoms with Crippen LogP contribution in [-0.4, -0.2) is 21.6 Å². The number of pyridine rings is 1. The first-order valence-corrected chi connectivity index (χ1v) is 7.35. The fourth-order valence-corrected chi connectivity index (χ4v) is 2.73. The number of imidazole rings is 1. The molecule has 0 atom stereocenters. The number of halogens is 2. The van der Waals surface area contributed by atoms with Gasteiger partial charge in [0.2, 0.25) is 5.88 Å². The molecule has 108 valence electrons. The predicted molar refractivity (Wildman–Crippen MR) is 84.7 cm³/mol. The third-order valence-electron chi connectivity index (χ3n) is 3.16. The maximum Gasteiger partial charge on any atom is 0.212 e. The first-order chi connectivity index (χ1) is 10.1. The molecular weight excluding hydrogens is 357 g/mol. The van der Waals surface area contributed by atoms with E-state index >= 15 is 0 Å². The molecule has 0 aliphatic heterocycles. The topological polar surface area (TPSA) is 42.8 Å². The number of aromatic amines is 1. The van der Waals surface area contributed by atoms with Crippen molar-refractivity contribution in [3.8, 4) is 5.88 Å². The minimum Gasteiger partial charge on any atom is -0.481 e. The molecule has 4 nitrogen and oxygen atoms in total. The Morgan fingerprint density at radius 2 is 2.24 bits per heavy atom.